The number of benzene rings is 4. The van der Waals surface area contributed by atoms with Crippen LogP contribution in [0.3, 0.4) is 0 Å². The SMILES string of the molecule is [C-]#[N+]c1ccc2c(c1)c1cc(-c3ccc4c(c3)C(C)(C)c3ccccc3O4)ccc1n2-c1cccnc1. The van der Waals surface area contributed by atoms with Crippen molar-refractivity contribution in [2.75, 3.05) is 0 Å². The lowest BCUT2D eigenvalue weighted by Gasteiger charge is -2.34. The smallest absolute Gasteiger partial charge is 0.188 e. The largest absolute Gasteiger partial charge is 0.457 e. The van der Waals surface area contributed by atoms with E-state index in [1.54, 1.807) is 6.20 Å². The van der Waals surface area contributed by atoms with Crippen LogP contribution in [0.25, 0.3) is 43.5 Å². The first-order valence-electron chi connectivity index (χ1n) is 12.3. The van der Waals surface area contributed by atoms with Crippen LogP contribution in [0, 0.1) is 6.57 Å². The second kappa shape index (κ2) is 7.81. The summed E-state index contributed by atoms with van der Waals surface area (Å²) < 4.78 is 8.49. The van der Waals surface area contributed by atoms with Gasteiger partial charge in [0.2, 0.25) is 0 Å². The molecule has 37 heavy (non-hydrogen) atoms. The van der Waals surface area contributed by atoms with Gasteiger partial charge in [0.05, 0.1) is 29.5 Å². The molecule has 2 aromatic heterocycles. The van der Waals surface area contributed by atoms with Gasteiger partial charge in [-0.1, -0.05) is 50.2 Å². The van der Waals surface area contributed by atoms with E-state index in [2.05, 4.69) is 82.8 Å². The van der Waals surface area contributed by atoms with Gasteiger partial charge in [0.15, 0.2) is 5.69 Å². The lowest BCUT2D eigenvalue weighted by molar-refractivity contribution is 0.418. The van der Waals surface area contributed by atoms with Crippen molar-refractivity contribution in [2.45, 2.75) is 19.3 Å². The first-order valence-corrected chi connectivity index (χ1v) is 12.3. The molecule has 0 saturated heterocycles. The molecule has 3 heterocycles. The minimum Gasteiger partial charge on any atom is -0.457 e. The zero-order chi connectivity index (χ0) is 25.1. The number of hydrogen-bond donors (Lipinski definition) is 0. The van der Waals surface area contributed by atoms with Crippen LogP contribution in [0.5, 0.6) is 11.5 Å². The van der Waals surface area contributed by atoms with Gasteiger partial charge in [-0.2, -0.15) is 0 Å². The normalized spacial score (nSPS) is 13.5. The Bertz CT molecular complexity index is 1890. The van der Waals surface area contributed by atoms with Crippen LogP contribution in [0.2, 0.25) is 0 Å². The van der Waals surface area contributed by atoms with Gasteiger partial charge < -0.3 is 9.30 Å². The molecular weight excluding hydrogens is 454 g/mol. The van der Waals surface area contributed by atoms with Gasteiger partial charge in [-0.15, -0.1) is 0 Å². The zero-order valence-electron chi connectivity index (χ0n) is 20.6. The zero-order valence-corrected chi connectivity index (χ0v) is 20.6. The summed E-state index contributed by atoms with van der Waals surface area (Å²) in [4.78, 5) is 8.03. The van der Waals surface area contributed by atoms with Gasteiger partial charge in [-0.25, -0.2) is 4.85 Å². The summed E-state index contributed by atoms with van der Waals surface area (Å²) in [5.74, 6) is 1.83. The third kappa shape index (κ3) is 3.18. The monoisotopic (exact) mass is 477 g/mol. The molecule has 0 unspecified atom stereocenters. The van der Waals surface area contributed by atoms with E-state index in [1.807, 2.05) is 42.6 Å². The highest BCUT2D eigenvalue weighted by Gasteiger charge is 2.34. The maximum absolute atomic E-state index is 7.55. The van der Waals surface area contributed by atoms with E-state index in [0.29, 0.717) is 5.69 Å². The van der Waals surface area contributed by atoms with Crippen LogP contribution in [-0.4, -0.2) is 9.55 Å². The Morgan fingerprint density at radius 2 is 1.49 bits per heavy atom. The Labute approximate surface area is 215 Å². The number of fused-ring (bicyclic) bond motifs is 5. The maximum atomic E-state index is 7.55. The van der Waals surface area contributed by atoms with Gasteiger partial charge in [0.25, 0.3) is 0 Å². The fourth-order valence-corrected chi connectivity index (χ4v) is 5.65. The van der Waals surface area contributed by atoms with Crippen molar-refractivity contribution in [1.82, 2.24) is 9.55 Å². The van der Waals surface area contributed by atoms with Crippen molar-refractivity contribution < 1.29 is 4.74 Å². The molecule has 0 fully saturated rings. The molecule has 6 aromatic rings. The van der Waals surface area contributed by atoms with E-state index in [-0.39, 0.29) is 5.41 Å². The summed E-state index contributed by atoms with van der Waals surface area (Å²) in [5.41, 5.74) is 8.24. The topological polar surface area (TPSA) is 31.4 Å². The Morgan fingerprint density at radius 3 is 2.30 bits per heavy atom. The van der Waals surface area contributed by atoms with Gasteiger partial charge in [-0.05, 0) is 71.1 Å². The molecule has 1 aliphatic heterocycles. The summed E-state index contributed by atoms with van der Waals surface area (Å²) in [6, 6.07) is 31.3. The van der Waals surface area contributed by atoms with E-state index in [0.717, 1.165) is 50.1 Å². The van der Waals surface area contributed by atoms with Crippen molar-refractivity contribution in [2.24, 2.45) is 0 Å². The predicted molar refractivity (Wildman–Crippen MR) is 149 cm³/mol. The molecule has 0 bridgehead atoms. The quantitative estimate of drug-likeness (QED) is 0.233. The second-order valence-electron chi connectivity index (χ2n) is 10.0. The summed E-state index contributed by atoms with van der Waals surface area (Å²) in [6.45, 7) is 12.1. The molecular formula is C33H23N3O. The molecule has 1 aliphatic rings. The Hall–Kier alpha value is -4.88. The van der Waals surface area contributed by atoms with Crippen LogP contribution in [-0.2, 0) is 5.41 Å². The van der Waals surface area contributed by atoms with Crippen LogP contribution in [0.4, 0.5) is 5.69 Å². The van der Waals surface area contributed by atoms with Gasteiger partial charge in [0, 0.05) is 28.1 Å². The molecule has 0 radical (unpaired) electrons. The van der Waals surface area contributed by atoms with E-state index in [9.17, 15) is 0 Å². The van der Waals surface area contributed by atoms with Crippen LogP contribution < -0.4 is 4.74 Å². The van der Waals surface area contributed by atoms with Gasteiger partial charge in [0.1, 0.15) is 11.5 Å². The van der Waals surface area contributed by atoms with Crippen molar-refractivity contribution in [1.29, 1.82) is 0 Å². The number of ether oxygens (including phenoxy) is 1. The fraction of sp³-hybridized carbons (Fsp3) is 0.0909. The third-order valence-electron chi connectivity index (χ3n) is 7.55. The molecule has 176 valence electrons. The average molecular weight is 478 g/mol. The Balaban J connectivity index is 1.43. The highest BCUT2D eigenvalue weighted by atomic mass is 16.5. The molecule has 0 aliphatic carbocycles. The van der Waals surface area contributed by atoms with Crippen LogP contribution in [0.1, 0.15) is 25.0 Å². The van der Waals surface area contributed by atoms with Crippen LogP contribution in [0.15, 0.2) is 103 Å². The van der Waals surface area contributed by atoms with Crippen molar-refractivity contribution in [3.63, 3.8) is 0 Å². The molecule has 7 rings (SSSR count). The summed E-state index contributed by atoms with van der Waals surface area (Å²) in [6.07, 6.45) is 3.66. The van der Waals surface area contributed by atoms with Gasteiger partial charge in [-0.3, -0.25) is 4.98 Å². The van der Waals surface area contributed by atoms with Crippen molar-refractivity contribution in [3.05, 3.63) is 126 Å². The molecule has 4 nitrogen and oxygen atoms in total. The minimum absolute atomic E-state index is 0.175. The van der Waals surface area contributed by atoms with E-state index in [4.69, 9.17) is 11.3 Å². The number of nitrogens with zero attached hydrogens (tertiary/aromatic N) is 3. The standard InChI is InChI=1S/C33H23N3O/c1-33(2)27-8-4-5-9-31(27)37-32-15-11-22(18-28(32)33)21-10-13-29-25(17-21)26-19-23(34-3)12-14-30(26)36(29)24-7-6-16-35-20-24/h4-20H,1-2H3. The lowest BCUT2D eigenvalue weighted by Crippen LogP contribution is -2.24. The molecule has 4 aromatic carbocycles. The highest BCUT2D eigenvalue weighted by Crippen LogP contribution is 2.49. The Morgan fingerprint density at radius 1 is 0.757 bits per heavy atom. The number of hydrogen-bond acceptors (Lipinski definition) is 2. The Kier molecular flexibility index (Phi) is 4.52. The predicted octanol–water partition coefficient (Wildman–Crippen LogP) is 8.83. The number of aromatic nitrogens is 2. The molecule has 0 atom stereocenters. The first kappa shape index (κ1) is 21.4. The second-order valence-corrected chi connectivity index (χ2v) is 10.0. The van der Waals surface area contributed by atoms with E-state index >= 15 is 0 Å². The van der Waals surface area contributed by atoms with E-state index in [1.165, 1.54) is 11.1 Å². The van der Waals surface area contributed by atoms with Crippen molar-refractivity contribution >= 4 is 27.5 Å². The van der Waals surface area contributed by atoms with E-state index < -0.39 is 0 Å². The average Bonchev–Trinajstić information content (AvgIpc) is 3.26. The number of pyridine rings is 1. The van der Waals surface area contributed by atoms with Gasteiger partial charge >= 0.3 is 0 Å². The molecule has 0 saturated carbocycles. The number of rotatable bonds is 2. The maximum Gasteiger partial charge on any atom is 0.188 e. The third-order valence-corrected chi connectivity index (χ3v) is 7.55. The molecule has 0 amide bonds. The lowest BCUT2D eigenvalue weighted by atomic mass is 9.75. The van der Waals surface area contributed by atoms with Crippen molar-refractivity contribution in [3.8, 4) is 28.3 Å². The summed E-state index contributed by atoms with van der Waals surface area (Å²) in [7, 11) is 0. The first-order chi connectivity index (χ1) is 18.0. The minimum atomic E-state index is -0.175. The summed E-state index contributed by atoms with van der Waals surface area (Å²) in [5, 5.41) is 2.17. The summed E-state index contributed by atoms with van der Waals surface area (Å²) >= 11 is 0. The molecule has 4 heteroatoms. The fourth-order valence-electron chi connectivity index (χ4n) is 5.65. The molecule has 0 spiro atoms. The number of para-hydroxylation sites is 1. The van der Waals surface area contributed by atoms with Crippen LogP contribution >= 0.6 is 0 Å². The highest BCUT2D eigenvalue weighted by molar-refractivity contribution is 6.11. The molecule has 0 N–H and O–H groups in total.